The molecule has 0 saturated carbocycles. The Labute approximate surface area is 159 Å². The summed E-state index contributed by atoms with van der Waals surface area (Å²) < 4.78 is 6.39. The van der Waals surface area contributed by atoms with Gasteiger partial charge in [-0.1, -0.05) is 32.9 Å². The Morgan fingerprint density at radius 1 is 1.00 bits per heavy atom. The van der Waals surface area contributed by atoms with E-state index in [-0.39, 0.29) is 5.04 Å². The molecule has 1 fully saturated rings. The largest absolute Gasteiger partial charge is 0.544 e. The molecule has 0 bridgehead atoms. The zero-order valence-electron chi connectivity index (χ0n) is 16.9. The Kier molecular flexibility index (Phi) is 5.54. The SMILES string of the molecule is CC(C)(C)[Si](C)(C)Oc1ccc(-c2cncc(CN3CCCC3)c2)cc1. The van der Waals surface area contributed by atoms with E-state index in [1.165, 1.54) is 42.6 Å². The van der Waals surface area contributed by atoms with Crippen molar-refractivity contribution in [1.29, 1.82) is 0 Å². The monoisotopic (exact) mass is 368 g/mol. The molecule has 0 amide bonds. The number of benzene rings is 1. The fourth-order valence-electron chi connectivity index (χ4n) is 3.09. The van der Waals surface area contributed by atoms with Gasteiger partial charge in [-0.2, -0.15) is 0 Å². The molecule has 0 aliphatic carbocycles. The van der Waals surface area contributed by atoms with Crippen LogP contribution in [0.2, 0.25) is 18.1 Å². The molecule has 0 unspecified atom stereocenters. The molecule has 3 nitrogen and oxygen atoms in total. The van der Waals surface area contributed by atoms with E-state index in [2.05, 4.69) is 74.1 Å². The lowest BCUT2D eigenvalue weighted by Gasteiger charge is -2.36. The summed E-state index contributed by atoms with van der Waals surface area (Å²) in [5, 5.41) is 0.208. The molecule has 0 N–H and O–H groups in total. The summed E-state index contributed by atoms with van der Waals surface area (Å²) in [6.07, 6.45) is 6.60. The zero-order chi connectivity index (χ0) is 18.8. The van der Waals surface area contributed by atoms with Crippen LogP contribution in [0, 0.1) is 0 Å². The van der Waals surface area contributed by atoms with Crippen molar-refractivity contribution >= 4 is 8.32 Å². The van der Waals surface area contributed by atoms with Crippen LogP contribution in [0.5, 0.6) is 5.75 Å². The first-order valence-electron chi connectivity index (χ1n) is 9.70. The highest BCUT2D eigenvalue weighted by atomic mass is 28.4. The van der Waals surface area contributed by atoms with Gasteiger partial charge >= 0.3 is 0 Å². The molecular formula is C22H32N2OSi. The van der Waals surface area contributed by atoms with E-state index in [4.69, 9.17) is 4.43 Å². The quantitative estimate of drug-likeness (QED) is 0.630. The van der Waals surface area contributed by atoms with E-state index < -0.39 is 8.32 Å². The smallest absolute Gasteiger partial charge is 0.250 e. The summed E-state index contributed by atoms with van der Waals surface area (Å²) in [6, 6.07) is 10.8. The van der Waals surface area contributed by atoms with Gasteiger partial charge in [-0.15, -0.1) is 0 Å². The summed E-state index contributed by atoms with van der Waals surface area (Å²) in [5.74, 6) is 0.974. The Bertz CT molecular complexity index is 729. The number of rotatable bonds is 5. The van der Waals surface area contributed by atoms with Crippen molar-refractivity contribution in [1.82, 2.24) is 9.88 Å². The van der Waals surface area contributed by atoms with Crippen LogP contribution in [-0.4, -0.2) is 31.3 Å². The van der Waals surface area contributed by atoms with Crippen LogP contribution in [0.15, 0.2) is 42.7 Å². The minimum absolute atomic E-state index is 0.208. The molecule has 4 heteroatoms. The molecule has 26 heavy (non-hydrogen) atoms. The Morgan fingerprint density at radius 3 is 2.27 bits per heavy atom. The van der Waals surface area contributed by atoms with Gasteiger partial charge in [0.15, 0.2) is 0 Å². The van der Waals surface area contributed by atoms with Gasteiger partial charge in [-0.05, 0) is 73.4 Å². The van der Waals surface area contributed by atoms with Crippen molar-refractivity contribution in [3.05, 3.63) is 48.3 Å². The summed E-state index contributed by atoms with van der Waals surface area (Å²) in [6.45, 7) is 14.8. The molecule has 1 aliphatic heterocycles. The van der Waals surface area contributed by atoms with Gasteiger partial charge in [-0.3, -0.25) is 9.88 Å². The minimum Gasteiger partial charge on any atom is -0.544 e. The Morgan fingerprint density at radius 2 is 1.65 bits per heavy atom. The lowest BCUT2D eigenvalue weighted by Crippen LogP contribution is -2.43. The number of pyridine rings is 1. The van der Waals surface area contributed by atoms with Gasteiger partial charge in [0.05, 0.1) is 0 Å². The fourth-order valence-corrected chi connectivity index (χ4v) is 4.13. The second kappa shape index (κ2) is 7.53. The lowest BCUT2D eigenvalue weighted by atomic mass is 10.1. The van der Waals surface area contributed by atoms with Gasteiger partial charge in [0.2, 0.25) is 8.32 Å². The maximum atomic E-state index is 6.39. The summed E-state index contributed by atoms with van der Waals surface area (Å²) in [7, 11) is -1.79. The average molecular weight is 369 g/mol. The highest BCUT2D eigenvalue weighted by Gasteiger charge is 2.38. The van der Waals surface area contributed by atoms with Gasteiger partial charge in [-0.25, -0.2) is 0 Å². The average Bonchev–Trinajstić information content (AvgIpc) is 3.07. The molecule has 2 heterocycles. The van der Waals surface area contributed by atoms with Crippen LogP contribution < -0.4 is 4.43 Å². The molecule has 140 valence electrons. The van der Waals surface area contributed by atoms with Gasteiger partial charge in [0.1, 0.15) is 5.75 Å². The fraction of sp³-hybridized carbons (Fsp3) is 0.500. The lowest BCUT2D eigenvalue weighted by molar-refractivity contribution is 0.331. The van der Waals surface area contributed by atoms with E-state index in [1.807, 2.05) is 12.4 Å². The van der Waals surface area contributed by atoms with E-state index >= 15 is 0 Å². The number of aromatic nitrogens is 1. The first kappa shape index (κ1) is 19.1. The van der Waals surface area contributed by atoms with Crippen molar-refractivity contribution in [2.24, 2.45) is 0 Å². The first-order chi connectivity index (χ1) is 12.2. The van der Waals surface area contributed by atoms with Crippen molar-refractivity contribution in [3.8, 4) is 16.9 Å². The predicted molar refractivity (Wildman–Crippen MR) is 112 cm³/mol. The molecule has 1 aromatic heterocycles. The van der Waals surface area contributed by atoms with Gasteiger partial charge < -0.3 is 4.43 Å². The van der Waals surface area contributed by atoms with Crippen LogP contribution in [0.25, 0.3) is 11.1 Å². The molecule has 0 radical (unpaired) electrons. The molecule has 0 spiro atoms. The molecule has 0 atom stereocenters. The third-order valence-electron chi connectivity index (χ3n) is 5.77. The molecule has 1 saturated heterocycles. The Hall–Kier alpha value is -1.65. The van der Waals surface area contributed by atoms with Crippen molar-refractivity contribution in [3.63, 3.8) is 0 Å². The van der Waals surface area contributed by atoms with E-state index in [0.717, 1.165) is 12.3 Å². The third kappa shape index (κ3) is 4.54. The molecular weight excluding hydrogens is 336 g/mol. The summed E-state index contributed by atoms with van der Waals surface area (Å²) >= 11 is 0. The first-order valence-corrected chi connectivity index (χ1v) is 12.6. The van der Waals surface area contributed by atoms with Crippen LogP contribution in [-0.2, 0) is 6.54 Å². The maximum Gasteiger partial charge on any atom is 0.250 e. The molecule has 1 aromatic carbocycles. The van der Waals surface area contributed by atoms with Crippen LogP contribution in [0.4, 0.5) is 0 Å². The van der Waals surface area contributed by atoms with Crippen LogP contribution in [0.3, 0.4) is 0 Å². The van der Waals surface area contributed by atoms with Crippen LogP contribution >= 0.6 is 0 Å². The zero-order valence-corrected chi connectivity index (χ0v) is 17.9. The molecule has 2 aromatic rings. The van der Waals surface area contributed by atoms with Crippen LogP contribution in [0.1, 0.15) is 39.2 Å². The molecule has 3 rings (SSSR count). The number of hydrogen-bond donors (Lipinski definition) is 0. The summed E-state index contributed by atoms with van der Waals surface area (Å²) in [5.41, 5.74) is 3.68. The standard InChI is InChI=1S/C22H32N2OSi/c1-22(2,3)26(4,5)25-21-10-8-19(9-11-21)20-14-18(15-23-16-20)17-24-12-6-7-13-24/h8-11,14-16H,6-7,12-13,17H2,1-5H3. The topological polar surface area (TPSA) is 25.4 Å². The normalized spacial score (nSPS) is 16.0. The second-order valence-electron chi connectivity index (χ2n) is 8.95. The van der Waals surface area contributed by atoms with Crippen molar-refractivity contribution in [2.75, 3.05) is 13.1 Å². The minimum atomic E-state index is -1.79. The second-order valence-corrected chi connectivity index (χ2v) is 13.7. The Balaban J connectivity index is 1.72. The summed E-state index contributed by atoms with van der Waals surface area (Å²) in [4.78, 5) is 6.98. The highest BCUT2D eigenvalue weighted by molar-refractivity contribution is 6.74. The molecule has 1 aliphatic rings. The maximum absolute atomic E-state index is 6.39. The predicted octanol–water partition coefficient (Wildman–Crippen LogP) is 5.73. The van der Waals surface area contributed by atoms with E-state index in [0.29, 0.717) is 0 Å². The van der Waals surface area contributed by atoms with Gasteiger partial charge in [0.25, 0.3) is 0 Å². The van der Waals surface area contributed by atoms with E-state index in [1.54, 1.807) is 0 Å². The van der Waals surface area contributed by atoms with Crippen molar-refractivity contribution in [2.45, 2.75) is 58.3 Å². The number of hydrogen-bond acceptors (Lipinski definition) is 3. The van der Waals surface area contributed by atoms with Gasteiger partial charge in [0, 0.05) is 24.5 Å². The van der Waals surface area contributed by atoms with Crippen molar-refractivity contribution < 1.29 is 4.43 Å². The third-order valence-corrected chi connectivity index (χ3v) is 10.1. The van der Waals surface area contributed by atoms with E-state index in [9.17, 15) is 0 Å². The number of likely N-dealkylation sites (tertiary alicyclic amines) is 1. The highest BCUT2D eigenvalue weighted by Crippen LogP contribution is 2.37. The number of nitrogens with zero attached hydrogens (tertiary/aromatic N) is 2.